The Bertz CT molecular complexity index is 939. The standard InChI is InChI=1S/C16H12BrF3N4O4/c17-10-1-7(3-21)4-22-15(10)23-14-9(2-11(18)12(19)13(14)20)16(27)24-28-6-8(26)5-25/h1-2,4,8,25-26H,5-6H2,(H,22,23)(H,24,27)/t8-/m1/s1. The van der Waals surface area contributed by atoms with Gasteiger partial charge in [-0.05, 0) is 28.1 Å². The smallest absolute Gasteiger partial charge is 0.277 e. The summed E-state index contributed by atoms with van der Waals surface area (Å²) < 4.78 is 41.8. The van der Waals surface area contributed by atoms with Crippen LogP contribution in [0, 0.1) is 28.8 Å². The molecule has 1 heterocycles. The van der Waals surface area contributed by atoms with Gasteiger partial charge in [0.2, 0.25) is 0 Å². The van der Waals surface area contributed by atoms with E-state index in [9.17, 15) is 18.0 Å². The average molecular weight is 461 g/mol. The molecule has 0 radical (unpaired) electrons. The van der Waals surface area contributed by atoms with Crippen molar-refractivity contribution in [1.29, 1.82) is 5.26 Å². The topological polar surface area (TPSA) is 128 Å². The minimum Gasteiger partial charge on any atom is -0.394 e. The second-order valence-electron chi connectivity index (χ2n) is 5.28. The van der Waals surface area contributed by atoms with E-state index < -0.39 is 53.9 Å². The molecule has 0 aliphatic heterocycles. The maximum absolute atomic E-state index is 14.3. The van der Waals surface area contributed by atoms with Crippen molar-refractivity contribution < 1.29 is 33.0 Å². The molecule has 0 aliphatic carbocycles. The molecule has 0 saturated heterocycles. The molecule has 2 rings (SSSR count). The van der Waals surface area contributed by atoms with Gasteiger partial charge in [0.25, 0.3) is 5.91 Å². The van der Waals surface area contributed by atoms with E-state index in [1.807, 2.05) is 11.5 Å². The number of aliphatic hydroxyl groups is 2. The Labute approximate surface area is 164 Å². The summed E-state index contributed by atoms with van der Waals surface area (Å²) in [6, 6.07) is 3.61. The molecule has 1 amide bonds. The molecule has 8 nitrogen and oxygen atoms in total. The number of carbonyl (C=O) groups excluding carboxylic acids is 1. The molecule has 12 heteroatoms. The van der Waals surface area contributed by atoms with Crippen molar-refractivity contribution in [3.05, 3.63) is 51.4 Å². The monoisotopic (exact) mass is 460 g/mol. The highest BCUT2D eigenvalue weighted by atomic mass is 79.9. The Hall–Kier alpha value is -2.72. The first-order chi connectivity index (χ1) is 13.3. The van der Waals surface area contributed by atoms with E-state index in [0.29, 0.717) is 6.07 Å². The zero-order chi connectivity index (χ0) is 20.8. The number of benzene rings is 1. The van der Waals surface area contributed by atoms with Gasteiger partial charge < -0.3 is 15.5 Å². The predicted octanol–water partition coefficient (Wildman–Crippen LogP) is 1.89. The van der Waals surface area contributed by atoms with Crippen LogP contribution < -0.4 is 10.8 Å². The van der Waals surface area contributed by atoms with Crippen LogP contribution in [-0.4, -0.2) is 40.4 Å². The summed E-state index contributed by atoms with van der Waals surface area (Å²) in [5.41, 5.74) is 0.599. The van der Waals surface area contributed by atoms with Gasteiger partial charge in [-0.1, -0.05) is 0 Å². The molecular weight excluding hydrogens is 449 g/mol. The van der Waals surface area contributed by atoms with Gasteiger partial charge in [0.15, 0.2) is 17.5 Å². The summed E-state index contributed by atoms with van der Waals surface area (Å²) in [6.07, 6.45) is -0.150. The average Bonchev–Trinajstić information content (AvgIpc) is 2.68. The fourth-order valence-corrected chi connectivity index (χ4v) is 2.37. The van der Waals surface area contributed by atoms with E-state index >= 15 is 0 Å². The summed E-state index contributed by atoms with van der Waals surface area (Å²) in [4.78, 5) is 20.7. The first-order valence-corrected chi connectivity index (χ1v) is 8.29. The first-order valence-electron chi connectivity index (χ1n) is 7.49. The molecule has 28 heavy (non-hydrogen) atoms. The van der Waals surface area contributed by atoms with E-state index in [4.69, 9.17) is 15.5 Å². The highest BCUT2D eigenvalue weighted by molar-refractivity contribution is 9.10. The van der Waals surface area contributed by atoms with Gasteiger partial charge in [-0.15, -0.1) is 0 Å². The molecule has 1 aromatic carbocycles. The Balaban J connectivity index is 2.36. The van der Waals surface area contributed by atoms with E-state index in [-0.39, 0.29) is 15.9 Å². The molecule has 0 unspecified atom stereocenters. The maximum Gasteiger partial charge on any atom is 0.277 e. The SMILES string of the molecule is N#Cc1cnc(Nc2c(C(=O)NOC[C@H](O)CO)cc(F)c(F)c2F)c(Br)c1. The lowest BCUT2D eigenvalue weighted by atomic mass is 10.1. The zero-order valence-corrected chi connectivity index (χ0v) is 15.4. The van der Waals surface area contributed by atoms with Crippen LogP contribution in [0.2, 0.25) is 0 Å². The second kappa shape index (κ2) is 9.47. The molecule has 0 spiro atoms. The number of carbonyl (C=O) groups is 1. The van der Waals surface area contributed by atoms with Crippen molar-refractivity contribution >= 4 is 33.3 Å². The van der Waals surface area contributed by atoms with E-state index in [1.165, 1.54) is 6.07 Å². The molecule has 2 aromatic rings. The van der Waals surface area contributed by atoms with Crippen LogP contribution in [0.4, 0.5) is 24.7 Å². The van der Waals surface area contributed by atoms with Gasteiger partial charge in [0, 0.05) is 6.20 Å². The van der Waals surface area contributed by atoms with Crippen molar-refractivity contribution in [2.45, 2.75) is 6.10 Å². The molecule has 4 N–H and O–H groups in total. The lowest BCUT2D eigenvalue weighted by Gasteiger charge is -2.15. The Morgan fingerprint density at radius 3 is 2.68 bits per heavy atom. The van der Waals surface area contributed by atoms with Crippen LogP contribution in [0.15, 0.2) is 22.8 Å². The number of halogens is 4. The summed E-state index contributed by atoms with van der Waals surface area (Å²) in [6.45, 7) is -1.14. The lowest BCUT2D eigenvalue weighted by Crippen LogP contribution is -2.30. The van der Waals surface area contributed by atoms with Crippen LogP contribution >= 0.6 is 15.9 Å². The number of nitriles is 1. The van der Waals surface area contributed by atoms with Crippen molar-refractivity contribution in [1.82, 2.24) is 10.5 Å². The third-order valence-corrected chi connectivity index (χ3v) is 3.88. The van der Waals surface area contributed by atoms with Crippen LogP contribution in [0.25, 0.3) is 0 Å². The molecule has 1 atom stereocenters. The van der Waals surface area contributed by atoms with Crippen molar-refractivity contribution in [2.75, 3.05) is 18.5 Å². The number of rotatable bonds is 7. The number of hydrogen-bond acceptors (Lipinski definition) is 7. The first kappa shape index (κ1) is 21.6. The maximum atomic E-state index is 14.3. The van der Waals surface area contributed by atoms with Gasteiger partial charge in [-0.2, -0.15) is 5.26 Å². The van der Waals surface area contributed by atoms with E-state index in [1.54, 1.807) is 0 Å². The molecule has 0 aliphatic rings. The van der Waals surface area contributed by atoms with Crippen LogP contribution in [0.1, 0.15) is 15.9 Å². The zero-order valence-electron chi connectivity index (χ0n) is 13.8. The molecule has 0 bridgehead atoms. The van der Waals surface area contributed by atoms with Gasteiger partial charge in [-0.25, -0.2) is 23.6 Å². The molecule has 0 fully saturated rings. The Morgan fingerprint density at radius 1 is 1.36 bits per heavy atom. The van der Waals surface area contributed by atoms with Gasteiger partial charge in [-0.3, -0.25) is 9.63 Å². The Kier molecular flexibility index (Phi) is 7.30. The van der Waals surface area contributed by atoms with Crippen molar-refractivity contribution in [3.8, 4) is 6.07 Å². The number of nitrogens with one attached hydrogen (secondary N) is 2. The number of aromatic nitrogens is 1. The normalized spacial score (nSPS) is 11.6. The number of hydroxylamine groups is 1. The summed E-state index contributed by atoms with van der Waals surface area (Å²) in [5.74, 6) is -6.35. The third-order valence-electron chi connectivity index (χ3n) is 3.27. The van der Waals surface area contributed by atoms with Crippen LogP contribution in [-0.2, 0) is 4.84 Å². The van der Waals surface area contributed by atoms with Gasteiger partial charge >= 0.3 is 0 Å². The number of aliphatic hydroxyl groups excluding tert-OH is 2. The summed E-state index contributed by atoms with van der Waals surface area (Å²) in [7, 11) is 0. The van der Waals surface area contributed by atoms with Crippen LogP contribution in [0.5, 0.6) is 0 Å². The molecule has 0 saturated carbocycles. The second-order valence-corrected chi connectivity index (χ2v) is 6.13. The number of anilines is 2. The number of nitrogens with zero attached hydrogens (tertiary/aromatic N) is 2. The molecular formula is C16H12BrF3N4O4. The largest absolute Gasteiger partial charge is 0.394 e. The number of amides is 1. The van der Waals surface area contributed by atoms with Gasteiger partial charge in [0.05, 0.1) is 27.9 Å². The van der Waals surface area contributed by atoms with Crippen molar-refractivity contribution in [2.24, 2.45) is 0 Å². The van der Waals surface area contributed by atoms with E-state index in [2.05, 4.69) is 31.1 Å². The lowest BCUT2D eigenvalue weighted by molar-refractivity contribution is -0.0295. The van der Waals surface area contributed by atoms with Crippen LogP contribution in [0.3, 0.4) is 0 Å². The highest BCUT2D eigenvalue weighted by Gasteiger charge is 2.24. The predicted molar refractivity (Wildman–Crippen MR) is 92.8 cm³/mol. The van der Waals surface area contributed by atoms with Crippen molar-refractivity contribution in [3.63, 3.8) is 0 Å². The fraction of sp³-hybridized carbons (Fsp3) is 0.188. The number of hydrogen-bond donors (Lipinski definition) is 4. The number of pyridine rings is 1. The minimum atomic E-state index is -1.82. The summed E-state index contributed by atoms with van der Waals surface area (Å²) >= 11 is 3.09. The quantitative estimate of drug-likeness (QED) is 0.366. The summed E-state index contributed by atoms with van der Waals surface area (Å²) in [5, 5.41) is 29.0. The Morgan fingerprint density at radius 2 is 2.07 bits per heavy atom. The molecule has 1 aromatic heterocycles. The van der Waals surface area contributed by atoms with E-state index in [0.717, 1.165) is 6.20 Å². The minimum absolute atomic E-state index is 0.0745. The molecule has 148 valence electrons. The highest BCUT2D eigenvalue weighted by Crippen LogP contribution is 2.30. The third kappa shape index (κ3) is 4.96. The van der Waals surface area contributed by atoms with Gasteiger partial charge in [0.1, 0.15) is 24.6 Å². The fourth-order valence-electron chi connectivity index (χ4n) is 1.92.